The van der Waals surface area contributed by atoms with Gasteiger partial charge in [0.1, 0.15) is 23.3 Å². The van der Waals surface area contributed by atoms with E-state index in [1.54, 1.807) is 12.1 Å². The average Bonchev–Trinajstić information content (AvgIpc) is 2.93. The van der Waals surface area contributed by atoms with Crippen LogP contribution >= 0.6 is 11.3 Å². The molecule has 0 fully saturated rings. The van der Waals surface area contributed by atoms with E-state index in [0.29, 0.717) is 16.7 Å². The van der Waals surface area contributed by atoms with Crippen molar-refractivity contribution in [3.8, 4) is 0 Å². The van der Waals surface area contributed by atoms with Crippen molar-refractivity contribution in [2.24, 2.45) is 0 Å². The highest BCUT2D eigenvalue weighted by atomic mass is 32.1. The number of fused-ring (bicyclic) bond motifs is 1. The fraction of sp³-hybridized carbons (Fsp3) is 0.143. The summed E-state index contributed by atoms with van der Waals surface area (Å²) in [5.74, 6) is 0.133. The Morgan fingerprint density at radius 1 is 1.28 bits per heavy atom. The number of benzene rings is 1. The normalized spacial score (nSPS) is 13.1. The SMILES string of the molecule is Cc1cscc1C(O)c1cc2cc(F)ccc2o1. The van der Waals surface area contributed by atoms with E-state index in [1.165, 1.54) is 23.5 Å². The van der Waals surface area contributed by atoms with Gasteiger partial charge in [-0.2, -0.15) is 11.3 Å². The lowest BCUT2D eigenvalue weighted by molar-refractivity contribution is 0.192. The maximum atomic E-state index is 13.1. The van der Waals surface area contributed by atoms with Gasteiger partial charge in [0.25, 0.3) is 0 Å². The van der Waals surface area contributed by atoms with Crippen LogP contribution in [0.5, 0.6) is 0 Å². The van der Waals surface area contributed by atoms with Crippen molar-refractivity contribution in [3.05, 3.63) is 57.7 Å². The van der Waals surface area contributed by atoms with Crippen LogP contribution in [0.15, 0.2) is 39.4 Å². The molecule has 3 rings (SSSR count). The lowest BCUT2D eigenvalue weighted by atomic mass is 10.1. The molecule has 3 aromatic rings. The van der Waals surface area contributed by atoms with Crippen LogP contribution in [0.2, 0.25) is 0 Å². The summed E-state index contributed by atoms with van der Waals surface area (Å²) in [5.41, 5.74) is 2.44. The molecule has 92 valence electrons. The summed E-state index contributed by atoms with van der Waals surface area (Å²) in [6, 6.07) is 5.99. The second-order valence-corrected chi connectivity index (χ2v) is 4.99. The summed E-state index contributed by atoms with van der Waals surface area (Å²) in [5, 5.41) is 14.8. The Bertz CT molecular complexity index is 699. The van der Waals surface area contributed by atoms with Crippen LogP contribution in [0.25, 0.3) is 11.0 Å². The molecule has 0 aliphatic rings. The van der Waals surface area contributed by atoms with Crippen LogP contribution in [0, 0.1) is 12.7 Å². The highest BCUT2D eigenvalue weighted by Crippen LogP contribution is 2.31. The van der Waals surface area contributed by atoms with Gasteiger partial charge in [-0.05, 0) is 47.5 Å². The molecule has 1 unspecified atom stereocenters. The Balaban J connectivity index is 2.07. The minimum Gasteiger partial charge on any atom is -0.458 e. The molecule has 1 atom stereocenters. The monoisotopic (exact) mass is 262 g/mol. The molecule has 0 aliphatic carbocycles. The number of thiophene rings is 1. The van der Waals surface area contributed by atoms with Crippen molar-refractivity contribution in [3.63, 3.8) is 0 Å². The largest absolute Gasteiger partial charge is 0.458 e. The van der Waals surface area contributed by atoms with Gasteiger partial charge in [-0.1, -0.05) is 0 Å². The molecule has 4 heteroatoms. The first-order valence-corrected chi connectivity index (χ1v) is 6.49. The Kier molecular flexibility index (Phi) is 2.69. The van der Waals surface area contributed by atoms with Crippen LogP contribution in [-0.4, -0.2) is 5.11 Å². The smallest absolute Gasteiger partial charge is 0.138 e. The minimum absolute atomic E-state index is 0.309. The second-order valence-electron chi connectivity index (χ2n) is 4.24. The first-order chi connectivity index (χ1) is 8.65. The van der Waals surface area contributed by atoms with E-state index in [-0.39, 0.29) is 5.82 Å². The molecule has 0 spiro atoms. The minimum atomic E-state index is -0.799. The Hall–Kier alpha value is -1.65. The fourth-order valence-corrected chi connectivity index (χ4v) is 2.84. The van der Waals surface area contributed by atoms with Gasteiger partial charge in [0.2, 0.25) is 0 Å². The average molecular weight is 262 g/mol. The van der Waals surface area contributed by atoms with Gasteiger partial charge in [0.15, 0.2) is 0 Å². The number of hydrogen-bond acceptors (Lipinski definition) is 3. The molecule has 0 saturated heterocycles. The highest BCUT2D eigenvalue weighted by molar-refractivity contribution is 7.08. The van der Waals surface area contributed by atoms with Crippen molar-refractivity contribution in [2.75, 3.05) is 0 Å². The molecule has 0 aliphatic heterocycles. The van der Waals surface area contributed by atoms with E-state index < -0.39 is 6.10 Å². The Labute approximate surface area is 107 Å². The van der Waals surface area contributed by atoms with E-state index in [2.05, 4.69) is 0 Å². The third-order valence-electron chi connectivity index (χ3n) is 2.96. The van der Waals surface area contributed by atoms with Gasteiger partial charge in [-0.3, -0.25) is 0 Å². The van der Waals surface area contributed by atoms with E-state index in [9.17, 15) is 9.50 Å². The van der Waals surface area contributed by atoms with Crippen molar-refractivity contribution in [1.82, 2.24) is 0 Å². The van der Waals surface area contributed by atoms with Crippen molar-refractivity contribution < 1.29 is 13.9 Å². The second kappa shape index (κ2) is 4.23. The lowest BCUT2D eigenvalue weighted by Gasteiger charge is -2.06. The zero-order valence-corrected chi connectivity index (χ0v) is 10.5. The van der Waals surface area contributed by atoms with Crippen LogP contribution in [-0.2, 0) is 0 Å². The summed E-state index contributed by atoms with van der Waals surface area (Å²) >= 11 is 1.54. The van der Waals surface area contributed by atoms with Gasteiger partial charge >= 0.3 is 0 Å². The molecule has 2 heterocycles. The zero-order valence-electron chi connectivity index (χ0n) is 9.68. The molecule has 2 aromatic heterocycles. The first-order valence-electron chi connectivity index (χ1n) is 5.55. The van der Waals surface area contributed by atoms with Crippen molar-refractivity contribution in [1.29, 1.82) is 0 Å². The van der Waals surface area contributed by atoms with E-state index in [4.69, 9.17) is 4.42 Å². The Morgan fingerprint density at radius 2 is 2.11 bits per heavy atom. The number of aliphatic hydroxyl groups is 1. The summed E-state index contributed by atoms with van der Waals surface area (Å²) in [6.45, 7) is 1.94. The summed E-state index contributed by atoms with van der Waals surface area (Å²) in [7, 11) is 0. The van der Waals surface area contributed by atoms with Crippen LogP contribution in [0.1, 0.15) is 23.0 Å². The van der Waals surface area contributed by atoms with Crippen LogP contribution in [0.4, 0.5) is 4.39 Å². The van der Waals surface area contributed by atoms with Gasteiger partial charge in [0.05, 0.1) is 0 Å². The Morgan fingerprint density at radius 3 is 2.83 bits per heavy atom. The summed E-state index contributed by atoms with van der Waals surface area (Å²) in [6.07, 6.45) is -0.799. The lowest BCUT2D eigenvalue weighted by Crippen LogP contribution is -1.97. The van der Waals surface area contributed by atoms with Gasteiger partial charge < -0.3 is 9.52 Å². The third kappa shape index (κ3) is 1.83. The number of rotatable bonds is 2. The topological polar surface area (TPSA) is 33.4 Å². The number of halogens is 1. The van der Waals surface area contributed by atoms with E-state index in [1.807, 2.05) is 17.7 Å². The number of hydrogen-bond donors (Lipinski definition) is 1. The first kappa shape index (κ1) is 11.4. The van der Waals surface area contributed by atoms with Gasteiger partial charge in [-0.15, -0.1) is 0 Å². The van der Waals surface area contributed by atoms with Crippen molar-refractivity contribution in [2.45, 2.75) is 13.0 Å². The summed E-state index contributed by atoms with van der Waals surface area (Å²) in [4.78, 5) is 0. The van der Waals surface area contributed by atoms with Crippen LogP contribution < -0.4 is 0 Å². The molecule has 18 heavy (non-hydrogen) atoms. The predicted molar refractivity (Wildman–Crippen MR) is 69.3 cm³/mol. The molecular weight excluding hydrogens is 251 g/mol. The van der Waals surface area contributed by atoms with Crippen LogP contribution in [0.3, 0.4) is 0 Å². The fourth-order valence-electron chi connectivity index (χ4n) is 1.97. The molecule has 0 radical (unpaired) electrons. The highest BCUT2D eigenvalue weighted by Gasteiger charge is 2.18. The predicted octanol–water partition coefficient (Wildman–Crippen LogP) is 4.02. The van der Waals surface area contributed by atoms with Gasteiger partial charge in [0, 0.05) is 10.9 Å². The molecule has 2 nitrogen and oxygen atoms in total. The van der Waals surface area contributed by atoms with Gasteiger partial charge in [-0.25, -0.2) is 4.39 Å². The maximum absolute atomic E-state index is 13.1. The number of furan rings is 1. The molecule has 0 bridgehead atoms. The molecule has 1 aromatic carbocycles. The van der Waals surface area contributed by atoms with Crippen molar-refractivity contribution >= 4 is 22.3 Å². The van der Waals surface area contributed by atoms with E-state index in [0.717, 1.165) is 11.1 Å². The molecular formula is C14H11FO2S. The quantitative estimate of drug-likeness (QED) is 0.756. The maximum Gasteiger partial charge on any atom is 0.138 e. The number of aryl methyl sites for hydroxylation is 1. The molecule has 1 N–H and O–H groups in total. The van der Waals surface area contributed by atoms with E-state index >= 15 is 0 Å². The third-order valence-corrected chi connectivity index (χ3v) is 3.84. The zero-order chi connectivity index (χ0) is 12.7. The molecule has 0 amide bonds. The standard InChI is InChI=1S/C14H11FO2S/c1-8-6-18-7-11(8)14(16)13-5-9-4-10(15)2-3-12(9)17-13/h2-7,14,16H,1H3. The molecule has 0 saturated carbocycles. The number of aliphatic hydroxyl groups excluding tert-OH is 1. The summed E-state index contributed by atoms with van der Waals surface area (Å²) < 4.78 is 18.6.